The van der Waals surface area contributed by atoms with Crippen molar-refractivity contribution in [2.24, 2.45) is 40.9 Å². The van der Waals surface area contributed by atoms with Gasteiger partial charge in [0.2, 0.25) is 0 Å². The Balaban J connectivity index is 1.57. The smallest absolute Gasteiger partial charge is 0.00580 e. The van der Waals surface area contributed by atoms with Gasteiger partial charge in [-0.3, -0.25) is 0 Å². The molecule has 0 heteroatoms. The van der Waals surface area contributed by atoms with Crippen LogP contribution in [0.2, 0.25) is 0 Å². The second kappa shape index (κ2) is 17.2. The van der Waals surface area contributed by atoms with Crippen molar-refractivity contribution in [1.29, 1.82) is 0 Å². The van der Waals surface area contributed by atoms with E-state index in [4.69, 9.17) is 6.58 Å². The number of hydrogen-bond acceptors (Lipinski definition) is 0. The molecule has 0 heterocycles. The normalized spacial score (nSPS) is 27.8. The maximum absolute atomic E-state index is 4.88. The SMILES string of the molecule is C=C1CC[C@H](C(C)(C)C)C/C1=C/C1=C(C)CC(C(=C)[C@H](C)[C@H](CCC2CCC(CC)CC2)C2=CC=C(C/C(C(=C)C)=C(\C)CC)CC2C)=C1. The molecule has 4 aliphatic rings. The molecule has 0 aliphatic heterocycles. The van der Waals surface area contributed by atoms with Crippen molar-refractivity contribution in [3.8, 4) is 0 Å². The van der Waals surface area contributed by atoms with Gasteiger partial charge in [-0.2, -0.15) is 0 Å². The van der Waals surface area contributed by atoms with Crippen LogP contribution in [-0.4, -0.2) is 0 Å². The van der Waals surface area contributed by atoms with Crippen LogP contribution < -0.4 is 0 Å². The summed E-state index contributed by atoms with van der Waals surface area (Å²) in [6, 6.07) is 0. The highest BCUT2D eigenvalue weighted by Crippen LogP contribution is 2.46. The van der Waals surface area contributed by atoms with Gasteiger partial charge in [-0.15, -0.1) is 0 Å². The summed E-state index contributed by atoms with van der Waals surface area (Å²) in [4.78, 5) is 0. The Bertz CT molecular complexity index is 1420. The molecule has 0 aromatic carbocycles. The van der Waals surface area contributed by atoms with Crippen molar-refractivity contribution in [3.63, 3.8) is 0 Å². The van der Waals surface area contributed by atoms with Crippen LogP contribution in [-0.2, 0) is 0 Å². The van der Waals surface area contributed by atoms with Gasteiger partial charge in [-0.1, -0.05) is 158 Å². The summed E-state index contributed by atoms with van der Waals surface area (Å²) in [7, 11) is 0. The predicted molar refractivity (Wildman–Crippen MR) is 219 cm³/mol. The van der Waals surface area contributed by atoms with E-state index in [1.165, 1.54) is 102 Å². The molecule has 1 unspecified atom stereocenters. The summed E-state index contributed by atoms with van der Waals surface area (Å²) < 4.78 is 0. The molecule has 4 aliphatic carbocycles. The average Bonchev–Trinajstić information content (AvgIpc) is 3.43. The largest absolute Gasteiger partial charge is 0.0958 e. The van der Waals surface area contributed by atoms with Gasteiger partial charge < -0.3 is 0 Å². The highest BCUT2D eigenvalue weighted by molar-refractivity contribution is 5.54. The molecular weight excluding hydrogens is 589 g/mol. The summed E-state index contributed by atoms with van der Waals surface area (Å²) in [5.41, 5.74) is 16.3. The zero-order valence-corrected chi connectivity index (χ0v) is 33.8. The third kappa shape index (κ3) is 10.1. The lowest BCUT2D eigenvalue weighted by Crippen LogP contribution is -2.24. The molecule has 0 bridgehead atoms. The van der Waals surface area contributed by atoms with Crippen LogP contribution in [0.4, 0.5) is 0 Å². The van der Waals surface area contributed by atoms with E-state index >= 15 is 0 Å². The summed E-state index contributed by atoms with van der Waals surface area (Å²) in [6.07, 6.45) is 27.7. The number of allylic oxidation sites excluding steroid dienone is 15. The fourth-order valence-corrected chi connectivity index (χ4v) is 9.50. The molecular formula is C49H74. The molecule has 49 heavy (non-hydrogen) atoms. The summed E-state index contributed by atoms with van der Waals surface area (Å²) in [5, 5.41) is 0. The van der Waals surface area contributed by atoms with E-state index in [9.17, 15) is 0 Å². The van der Waals surface area contributed by atoms with E-state index in [0.717, 1.165) is 56.3 Å². The molecule has 0 nitrogen and oxygen atoms in total. The lowest BCUT2D eigenvalue weighted by atomic mass is 9.69. The van der Waals surface area contributed by atoms with Crippen molar-refractivity contribution in [1.82, 2.24) is 0 Å². The van der Waals surface area contributed by atoms with Crippen molar-refractivity contribution in [2.75, 3.05) is 0 Å². The van der Waals surface area contributed by atoms with Crippen LogP contribution in [0.3, 0.4) is 0 Å². The average molecular weight is 663 g/mol. The van der Waals surface area contributed by atoms with Crippen molar-refractivity contribution in [3.05, 3.63) is 105 Å². The Morgan fingerprint density at radius 3 is 2.24 bits per heavy atom. The molecule has 0 amide bonds. The van der Waals surface area contributed by atoms with E-state index in [-0.39, 0.29) is 0 Å². The molecule has 270 valence electrons. The van der Waals surface area contributed by atoms with Gasteiger partial charge in [0.15, 0.2) is 0 Å². The number of rotatable bonds is 13. The summed E-state index contributed by atoms with van der Waals surface area (Å²) in [6.45, 7) is 37.4. The molecule has 0 N–H and O–H groups in total. The molecule has 2 fully saturated rings. The molecule has 4 rings (SSSR count). The van der Waals surface area contributed by atoms with Gasteiger partial charge in [-0.25, -0.2) is 0 Å². The zero-order valence-electron chi connectivity index (χ0n) is 33.8. The van der Waals surface area contributed by atoms with Gasteiger partial charge >= 0.3 is 0 Å². The van der Waals surface area contributed by atoms with E-state index in [1.54, 1.807) is 11.1 Å². The molecule has 0 spiro atoms. The Hall–Kier alpha value is -2.34. The van der Waals surface area contributed by atoms with Crippen LogP contribution in [0.1, 0.15) is 159 Å². The lowest BCUT2D eigenvalue weighted by molar-refractivity contribution is 0.215. The first-order valence-corrected chi connectivity index (χ1v) is 20.3. The fraction of sp³-hybridized carbons (Fsp3) is 0.633. The Morgan fingerprint density at radius 2 is 1.65 bits per heavy atom. The van der Waals surface area contributed by atoms with Crippen LogP contribution in [0.25, 0.3) is 0 Å². The maximum atomic E-state index is 4.88. The Kier molecular flexibility index (Phi) is 13.9. The van der Waals surface area contributed by atoms with Crippen molar-refractivity contribution < 1.29 is 0 Å². The standard InChI is InChI=1S/C49H74/c1-14-33(5)48(32(3)4)28-41-22-24-46(36(8)26-41)47(25-21-40-19-17-39(15-2)18-20-40)38(10)37(9)44-27-35(7)42(30-44)29-43-31-45(49(11,12)13)23-16-34(43)6/h22,24,29-30,36,38-40,45,47H,3,6,9,14-21,23,25-28,31H2,1-2,4-5,7-8,10-13H3/b43-29-,48-33-/t36?,38-,39?,40?,45-,47-/m0/s1. The monoisotopic (exact) mass is 663 g/mol. The molecule has 0 aromatic rings. The molecule has 4 atom stereocenters. The van der Waals surface area contributed by atoms with Crippen molar-refractivity contribution >= 4 is 0 Å². The second-order valence-corrected chi connectivity index (χ2v) is 18.1. The highest BCUT2D eigenvalue weighted by Gasteiger charge is 2.33. The van der Waals surface area contributed by atoms with Crippen LogP contribution in [0.15, 0.2) is 105 Å². The van der Waals surface area contributed by atoms with Crippen molar-refractivity contribution in [2.45, 2.75) is 159 Å². The van der Waals surface area contributed by atoms with Crippen LogP contribution in [0, 0.1) is 40.9 Å². The minimum atomic E-state index is 0.340. The lowest BCUT2D eigenvalue weighted by Gasteiger charge is -2.36. The second-order valence-electron chi connectivity index (χ2n) is 18.1. The topological polar surface area (TPSA) is 0 Å². The zero-order chi connectivity index (χ0) is 36.0. The first-order valence-electron chi connectivity index (χ1n) is 20.3. The van der Waals surface area contributed by atoms with Crippen LogP contribution >= 0.6 is 0 Å². The minimum absolute atomic E-state index is 0.340. The number of hydrogen-bond donors (Lipinski definition) is 0. The van der Waals surface area contributed by atoms with Crippen LogP contribution in [0.5, 0.6) is 0 Å². The summed E-state index contributed by atoms with van der Waals surface area (Å²) >= 11 is 0. The van der Waals surface area contributed by atoms with Gasteiger partial charge in [0, 0.05) is 0 Å². The van der Waals surface area contributed by atoms with E-state index < -0.39 is 0 Å². The van der Waals surface area contributed by atoms with Gasteiger partial charge in [0.25, 0.3) is 0 Å². The Morgan fingerprint density at radius 1 is 0.980 bits per heavy atom. The van der Waals surface area contributed by atoms with Gasteiger partial charge in [0.05, 0.1) is 0 Å². The maximum Gasteiger partial charge on any atom is -0.00580 e. The summed E-state index contributed by atoms with van der Waals surface area (Å²) in [5.74, 6) is 4.13. The highest BCUT2D eigenvalue weighted by atomic mass is 14.4. The van der Waals surface area contributed by atoms with E-state index in [1.807, 2.05) is 0 Å². The molecule has 0 radical (unpaired) electrons. The molecule has 2 saturated carbocycles. The van der Waals surface area contributed by atoms with Gasteiger partial charge in [-0.05, 0) is 147 Å². The predicted octanol–water partition coefficient (Wildman–Crippen LogP) is 15.4. The first-order chi connectivity index (χ1) is 23.1. The fourth-order valence-electron chi connectivity index (χ4n) is 9.50. The molecule has 0 aromatic heterocycles. The first kappa shape index (κ1) is 39.4. The Labute approximate surface area is 304 Å². The van der Waals surface area contributed by atoms with E-state index in [0.29, 0.717) is 23.2 Å². The molecule has 0 saturated heterocycles. The van der Waals surface area contributed by atoms with Gasteiger partial charge in [0.1, 0.15) is 0 Å². The third-order valence-electron chi connectivity index (χ3n) is 13.6. The van der Waals surface area contributed by atoms with E-state index in [2.05, 4.69) is 107 Å². The minimum Gasteiger partial charge on any atom is -0.0958 e. The third-order valence-corrected chi connectivity index (χ3v) is 13.6. The quantitative estimate of drug-likeness (QED) is 0.172.